The molecule has 0 unspecified atom stereocenters. The first-order valence-corrected chi connectivity index (χ1v) is 13.9. The predicted octanol–water partition coefficient (Wildman–Crippen LogP) is 4.29. The number of pyridine rings is 1. The van der Waals surface area contributed by atoms with Crippen molar-refractivity contribution in [2.45, 2.75) is 33.1 Å². The number of sulfonamides is 1. The standard InChI is InChI=1S/C27H31FN6O4S/c1-16-20(28)10-18(11-24(16)34-15-23(31-33-34)17-8-7-9-29-14-17)26(35)30-21-12-19(27(2,3)4)13-22(25(21)38-5)32-39(6,36)37/h7-15,31-33H,1-6H3,(H,30,35). The molecule has 1 aliphatic heterocycles. The van der Waals surface area contributed by atoms with Crippen LogP contribution in [-0.2, 0) is 15.4 Å². The second-order valence-electron chi connectivity index (χ2n) is 10.2. The zero-order chi connectivity index (χ0) is 28.5. The molecule has 0 aliphatic carbocycles. The first-order valence-electron chi connectivity index (χ1n) is 12.0. The van der Waals surface area contributed by atoms with E-state index in [-0.39, 0.29) is 28.1 Å². The maximum Gasteiger partial charge on any atom is 0.255 e. The number of carbonyl (C=O) groups is 1. The van der Waals surface area contributed by atoms with Crippen molar-refractivity contribution >= 4 is 38.7 Å². The Kier molecular flexibility index (Phi) is 7.53. The summed E-state index contributed by atoms with van der Waals surface area (Å²) in [5, 5.41) is 4.35. The summed E-state index contributed by atoms with van der Waals surface area (Å²) in [5.74, 6) is -1.05. The Morgan fingerprint density at radius 3 is 2.49 bits per heavy atom. The number of halogens is 1. The van der Waals surface area contributed by atoms with E-state index in [2.05, 4.69) is 26.0 Å². The highest BCUT2D eigenvalue weighted by molar-refractivity contribution is 7.92. The van der Waals surface area contributed by atoms with Gasteiger partial charge in [0.25, 0.3) is 5.91 Å². The Morgan fingerprint density at radius 2 is 1.87 bits per heavy atom. The average molecular weight is 555 g/mol. The van der Waals surface area contributed by atoms with Gasteiger partial charge in [-0.15, -0.1) is 5.53 Å². The zero-order valence-electron chi connectivity index (χ0n) is 22.5. The minimum absolute atomic E-state index is 0.0546. The normalized spacial score (nSPS) is 13.5. The lowest BCUT2D eigenvalue weighted by Gasteiger charge is -2.24. The minimum atomic E-state index is -3.64. The van der Waals surface area contributed by atoms with Gasteiger partial charge in [-0.25, -0.2) is 12.8 Å². The number of hydrazine groups is 2. The average Bonchev–Trinajstić information content (AvgIpc) is 3.34. The van der Waals surface area contributed by atoms with E-state index in [0.29, 0.717) is 16.9 Å². The van der Waals surface area contributed by atoms with Gasteiger partial charge in [0.1, 0.15) is 5.82 Å². The number of amides is 1. The maximum atomic E-state index is 15.0. The largest absolute Gasteiger partial charge is 0.492 e. The molecule has 3 aromatic rings. The van der Waals surface area contributed by atoms with Gasteiger partial charge in [-0.05, 0) is 54.3 Å². The quantitative estimate of drug-likeness (QED) is 0.341. The molecule has 1 aromatic heterocycles. The number of anilines is 3. The zero-order valence-corrected chi connectivity index (χ0v) is 23.3. The molecule has 4 N–H and O–H groups in total. The van der Waals surface area contributed by atoms with Gasteiger partial charge in [-0.3, -0.25) is 19.5 Å². The molecule has 0 spiro atoms. The molecule has 206 valence electrons. The van der Waals surface area contributed by atoms with Crippen molar-refractivity contribution in [1.29, 1.82) is 0 Å². The highest BCUT2D eigenvalue weighted by Gasteiger charge is 2.24. The number of hydrogen-bond donors (Lipinski definition) is 4. The van der Waals surface area contributed by atoms with Crippen LogP contribution in [0.2, 0.25) is 0 Å². The summed E-state index contributed by atoms with van der Waals surface area (Å²) in [5.41, 5.74) is 9.11. The second kappa shape index (κ2) is 10.5. The van der Waals surface area contributed by atoms with Crippen LogP contribution in [0.1, 0.15) is 47.8 Å². The van der Waals surface area contributed by atoms with Crippen LogP contribution in [0.25, 0.3) is 5.70 Å². The van der Waals surface area contributed by atoms with E-state index in [0.717, 1.165) is 23.4 Å². The molecule has 0 fully saturated rings. The summed E-state index contributed by atoms with van der Waals surface area (Å²) in [7, 11) is -2.27. The summed E-state index contributed by atoms with van der Waals surface area (Å²) in [6.07, 6.45) is 6.12. The molecule has 0 saturated heterocycles. The number of ether oxygens (including phenoxy) is 1. The number of benzene rings is 2. The first-order chi connectivity index (χ1) is 18.3. The van der Waals surface area contributed by atoms with Crippen molar-refractivity contribution in [3.63, 3.8) is 0 Å². The predicted molar refractivity (Wildman–Crippen MR) is 150 cm³/mol. The Hall–Kier alpha value is -4.16. The fraction of sp³-hybridized carbons (Fsp3) is 0.259. The molecule has 0 saturated carbocycles. The summed E-state index contributed by atoms with van der Waals surface area (Å²) in [6, 6.07) is 9.76. The molecule has 39 heavy (non-hydrogen) atoms. The number of carbonyl (C=O) groups excluding carboxylic acids is 1. The van der Waals surface area contributed by atoms with Gasteiger partial charge < -0.3 is 15.5 Å². The number of aromatic nitrogens is 1. The first kappa shape index (κ1) is 27.9. The van der Waals surface area contributed by atoms with E-state index in [9.17, 15) is 13.2 Å². The highest BCUT2D eigenvalue weighted by atomic mass is 32.2. The lowest BCUT2D eigenvalue weighted by atomic mass is 9.86. The summed E-state index contributed by atoms with van der Waals surface area (Å²) < 4.78 is 47.0. The van der Waals surface area contributed by atoms with Crippen molar-refractivity contribution in [3.05, 3.63) is 83.1 Å². The summed E-state index contributed by atoms with van der Waals surface area (Å²) in [6.45, 7) is 7.48. The number of rotatable bonds is 7. The molecule has 10 nitrogen and oxygen atoms in total. The van der Waals surface area contributed by atoms with Crippen molar-refractivity contribution in [2.75, 3.05) is 28.4 Å². The van der Waals surface area contributed by atoms with Gasteiger partial charge in [0.2, 0.25) is 10.0 Å². The lowest BCUT2D eigenvalue weighted by Crippen LogP contribution is -2.36. The van der Waals surface area contributed by atoms with E-state index in [1.54, 1.807) is 54.8 Å². The van der Waals surface area contributed by atoms with Gasteiger partial charge in [0.05, 0.1) is 36.1 Å². The van der Waals surface area contributed by atoms with Crippen LogP contribution in [-0.4, -0.2) is 32.7 Å². The third-order valence-electron chi connectivity index (χ3n) is 6.08. The lowest BCUT2D eigenvalue weighted by molar-refractivity contribution is 0.102. The molecule has 0 bridgehead atoms. The summed E-state index contributed by atoms with van der Waals surface area (Å²) in [4.78, 5) is 17.5. The van der Waals surface area contributed by atoms with E-state index in [1.807, 2.05) is 26.8 Å². The monoisotopic (exact) mass is 554 g/mol. The van der Waals surface area contributed by atoms with Gasteiger partial charge in [0, 0.05) is 35.3 Å². The van der Waals surface area contributed by atoms with Crippen molar-refractivity contribution < 1.29 is 22.3 Å². The minimum Gasteiger partial charge on any atom is -0.492 e. The smallest absolute Gasteiger partial charge is 0.255 e. The van der Waals surface area contributed by atoms with E-state index in [4.69, 9.17) is 4.74 Å². The number of hydrogen-bond acceptors (Lipinski definition) is 8. The molecule has 0 atom stereocenters. The van der Waals surface area contributed by atoms with Gasteiger partial charge in [0.15, 0.2) is 5.75 Å². The maximum absolute atomic E-state index is 15.0. The topological polar surface area (TPSA) is 125 Å². The fourth-order valence-corrected chi connectivity index (χ4v) is 4.55. The molecule has 2 aromatic carbocycles. The van der Waals surface area contributed by atoms with Crippen LogP contribution in [0.4, 0.5) is 21.5 Å². The van der Waals surface area contributed by atoms with Gasteiger partial charge >= 0.3 is 0 Å². The van der Waals surface area contributed by atoms with Crippen molar-refractivity contribution in [1.82, 2.24) is 15.9 Å². The van der Waals surface area contributed by atoms with Crippen LogP contribution in [0.5, 0.6) is 5.75 Å². The molecule has 2 heterocycles. The van der Waals surface area contributed by atoms with Crippen LogP contribution in [0, 0.1) is 12.7 Å². The Morgan fingerprint density at radius 1 is 1.15 bits per heavy atom. The van der Waals surface area contributed by atoms with E-state index in [1.165, 1.54) is 7.11 Å². The molecule has 0 radical (unpaired) electrons. The Labute approximate surface area is 227 Å². The molecule has 12 heteroatoms. The Balaban J connectivity index is 1.71. The molecular weight excluding hydrogens is 523 g/mol. The van der Waals surface area contributed by atoms with Crippen molar-refractivity contribution in [2.24, 2.45) is 0 Å². The number of nitrogens with one attached hydrogen (secondary N) is 4. The highest BCUT2D eigenvalue weighted by Crippen LogP contribution is 2.39. The van der Waals surface area contributed by atoms with Crippen molar-refractivity contribution in [3.8, 4) is 5.75 Å². The Bertz CT molecular complexity index is 1550. The summed E-state index contributed by atoms with van der Waals surface area (Å²) >= 11 is 0. The molecule has 4 rings (SSSR count). The van der Waals surface area contributed by atoms with E-state index >= 15 is 4.39 Å². The van der Waals surface area contributed by atoms with Crippen LogP contribution in [0.3, 0.4) is 0 Å². The number of methoxy groups -OCH3 is 1. The molecule has 1 aliphatic rings. The van der Waals surface area contributed by atoms with Crippen LogP contribution in [0.15, 0.2) is 55.0 Å². The van der Waals surface area contributed by atoms with Gasteiger partial charge in [-0.2, -0.15) is 0 Å². The molecular formula is C27H31FN6O4S. The second-order valence-corrected chi connectivity index (χ2v) is 11.9. The van der Waals surface area contributed by atoms with Crippen LogP contribution >= 0.6 is 0 Å². The third kappa shape index (κ3) is 6.29. The van der Waals surface area contributed by atoms with Gasteiger partial charge in [-0.1, -0.05) is 20.8 Å². The fourth-order valence-electron chi connectivity index (χ4n) is 4.00. The third-order valence-corrected chi connectivity index (χ3v) is 6.67. The van der Waals surface area contributed by atoms with E-state index < -0.39 is 21.7 Å². The number of nitrogens with zero attached hydrogens (tertiary/aromatic N) is 2. The molecule has 1 amide bonds. The SMILES string of the molecule is COc1c(NC(=O)c2cc(F)c(C)c(N3C=C(c4cccnc4)NN3)c2)cc(C(C)(C)C)cc1NS(C)(=O)=O. The van der Waals surface area contributed by atoms with Crippen LogP contribution < -0.4 is 30.7 Å².